The van der Waals surface area contributed by atoms with Crippen LogP contribution in [0.25, 0.3) is 0 Å². The molecule has 2 aliphatic heterocycles. The lowest BCUT2D eigenvalue weighted by atomic mass is 10.1. The molecular weight excluding hydrogens is 398 g/mol. The summed E-state index contributed by atoms with van der Waals surface area (Å²) in [7, 11) is -3.71. The van der Waals surface area contributed by atoms with Crippen molar-refractivity contribution in [2.75, 3.05) is 11.9 Å². The monoisotopic (exact) mass is 419 g/mol. The van der Waals surface area contributed by atoms with Gasteiger partial charge < -0.3 is 4.90 Å². The average Bonchev–Trinajstić information content (AvgIpc) is 3.33. The fourth-order valence-electron chi connectivity index (χ4n) is 3.51. The minimum absolute atomic E-state index is 0.193. The van der Waals surface area contributed by atoms with Crippen LogP contribution < -0.4 is 5.32 Å². The molecule has 28 heavy (non-hydrogen) atoms. The lowest BCUT2D eigenvalue weighted by molar-refractivity contribution is -0.119. The van der Waals surface area contributed by atoms with Crippen LogP contribution in [0, 0.1) is 5.92 Å². The Kier molecular flexibility index (Phi) is 4.92. The molecule has 148 valence electrons. The normalized spacial score (nSPS) is 20.3. The highest BCUT2D eigenvalue weighted by Crippen LogP contribution is 2.31. The van der Waals surface area contributed by atoms with E-state index >= 15 is 0 Å². The number of anilines is 1. The molecule has 1 amide bonds. The molecule has 0 spiro atoms. The highest BCUT2D eigenvalue weighted by atomic mass is 32.2. The summed E-state index contributed by atoms with van der Waals surface area (Å²) < 4.78 is 28.7. The van der Waals surface area contributed by atoms with Crippen molar-refractivity contribution in [3.8, 4) is 0 Å². The zero-order valence-corrected chi connectivity index (χ0v) is 17.3. The number of carbonyl (C=O) groups excluding carboxylic acids is 1. The molecule has 0 unspecified atom stereocenters. The molecule has 10 heteroatoms. The number of aromatic nitrogens is 2. The molecule has 1 fully saturated rings. The van der Waals surface area contributed by atoms with Gasteiger partial charge in [-0.3, -0.25) is 10.1 Å². The third-order valence-electron chi connectivity index (χ3n) is 4.72. The van der Waals surface area contributed by atoms with Gasteiger partial charge in [0.05, 0.1) is 0 Å². The van der Waals surface area contributed by atoms with Crippen molar-refractivity contribution in [2.24, 2.45) is 10.3 Å². The Hall–Kier alpha value is -2.33. The van der Waals surface area contributed by atoms with Crippen LogP contribution >= 0.6 is 11.3 Å². The van der Waals surface area contributed by atoms with Crippen LogP contribution in [0.4, 0.5) is 5.13 Å². The van der Waals surface area contributed by atoms with Crippen molar-refractivity contribution in [3.05, 3.63) is 34.8 Å². The maximum Gasteiger partial charge on any atom is 0.285 e. The molecule has 2 aromatic rings. The lowest BCUT2D eigenvalue weighted by Crippen LogP contribution is -2.43. The number of nitrogens with one attached hydrogen (secondary N) is 1. The fourth-order valence-corrected chi connectivity index (χ4v) is 5.68. The van der Waals surface area contributed by atoms with Gasteiger partial charge in [0.2, 0.25) is 11.0 Å². The van der Waals surface area contributed by atoms with E-state index in [0.29, 0.717) is 35.4 Å². The second-order valence-electron chi connectivity index (χ2n) is 7.33. The molecule has 0 radical (unpaired) electrons. The van der Waals surface area contributed by atoms with Crippen LogP contribution in [0.15, 0.2) is 33.6 Å². The number of hydrogen-bond donors (Lipinski definition) is 1. The summed E-state index contributed by atoms with van der Waals surface area (Å²) in [5.74, 6) is 0.601. The quantitative estimate of drug-likeness (QED) is 0.815. The Morgan fingerprint density at radius 2 is 2.11 bits per heavy atom. The van der Waals surface area contributed by atoms with Crippen LogP contribution in [0.2, 0.25) is 0 Å². The molecule has 1 aromatic heterocycles. The van der Waals surface area contributed by atoms with E-state index in [1.165, 1.54) is 11.3 Å². The summed E-state index contributed by atoms with van der Waals surface area (Å²) in [6, 6.07) is 6.24. The van der Waals surface area contributed by atoms with Crippen LogP contribution in [-0.4, -0.2) is 47.8 Å². The van der Waals surface area contributed by atoms with Crippen molar-refractivity contribution < 1.29 is 13.2 Å². The number of likely N-dealkylation sites (tertiary alicyclic amines) is 1. The topological polar surface area (TPSA) is 105 Å². The molecule has 1 atom stereocenters. The molecule has 1 N–H and O–H groups in total. The molecule has 0 aliphatic carbocycles. The van der Waals surface area contributed by atoms with Gasteiger partial charge in [0, 0.05) is 18.5 Å². The first-order chi connectivity index (χ1) is 13.3. The number of amidine groups is 1. The van der Waals surface area contributed by atoms with Crippen molar-refractivity contribution in [3.63, 3.8) is 0 Å². The Bertz CT molecular complexity index is 1040. The molecule has 0 saturated carbocycles. The smallest absolute Gasteiger partial charge is 0.285 e. The summed E-state index contributed by atoms with van der Waals surface area (Å²) in [4.78, 5) is 14.8. The maximum atomic E-state index is 12.9. The molecule has 3 heterocycles. The van der Waals surface area contributed by atoms with Crippen LogP contribution in [0.1, 0.15) is 37.3 Å². The molecule has 1 saturated heterocycles. The Labute approximate surface area is 167 Å². The molecule has 4 rings (SSSR count). The minimum atomic E-state index is -3.71. The van der Waals surface area contributed by atoms with E-state index in [9.17, 15) is 13.2 Å². The Morgan fingerprint density at radius 1 is 1.32 bits per heavy atom. The van der Waals surface area contributed by atoms with Crippen LogP contribution in [0.5, 0.6) is 0 Å². The van der Waals surface area contributed by atoms with E-state index in [4.69, 9.17) is 0 Å². The molecule has 8 nitrogen and oxygen atoms in total. The first-order valence-electron chi connectivity index (χ1n) is 9.19. The Morgan fingerprint density at radius 3 is 2.89 bits per heavy atom. The SMILES string of the molecule is CC(C)Cc1nnc(NC(=O)[C@@H]2CCCN2C2=NS(=O)(=O)c3ccccc32)s1. The zero-order chi connectivity index (χ0) is 19.9. The van der Waals surface area contributed by atoms with Gasteiger partial charge in [0.1, 0.15) is 15.9 Å². The van der Waals surface area contributed by atoms with Gasteiger partial charge >= 0.3 is 0 Å². The van der Waals surface area contributed by atoms with E-state index < -0.39 is 16.1 Å². The Balaban J connectivity index is 1.54. The second-order valence-corrected chi connectivity index (χ2v) is 9.96. The van der Waals surface area contributed by atoms with Gasteiger partial charge in [-0.15, -0.1) is 14.6 Å². The first-order valence-corrected chi connectivity index (χ1v) is 11.4. The first kappa shape index (κ1) is 19.0. The van der Waals surface area contributed by atoms with E-state index in [0.717, 1.165) is 17.8 Å². The summed E-state index contributed by atoms with van der Waals surface area (Å²) in [5, 5.41) is 12.4. The number of rotatable bonds is 4. The van der Waals surface area contributed by atoms with Crippen molar-refractivity contribution in [1.82, 2.24) is 15.1 Å². The van der Waals surface area contributed by atoms with Gasteiger partial charge in [-0.25, -0.2) is 0 Å². The van der Waals surface area contributed by atoms with Gasteiger partial charge in [-0.1, -0.05) is 37.3 Å². The molecule has 2 aliphatic rings. The minimum Gasteiger partial charge on any atom is -0.343 e. The third kappa shape index (κ3) is 3.53. The zero-order valence-electron chi connectivity index (χ0n) is 15.6. The fraction of sp³-hybridized carbons (Fsp3) is 0.444. The number of hydrogen-bond acceptors (Lipinski definition) is 7. The van der Waals surface area contributed by atoms with E-state index in [1.807, 2.05) is 0 Å². The molecule has 0 bridgehead atoms. The maximum absolute atomic E-state index is 12.9. The summed E-state index contributed by atoms with van der Waals surface area (Å²) >= 11 is 1.37. The molecular formula is C18H21N5O3S2. The summed E-state index contributed by atoms with van der Waals surface area (Å²) in [6.07, 6.45) is 2.23. The third-order valence-corrected chi connectivity index (χ3v) is 6.91. The van der Waals surface area contributed by atoms with Gasteiger partial charge in [-0.05, 0) is 30.9 Å². The van der Waals surface area contributed by atoms with Gasteiger partial charge in [0.15, 0.2) is 5.84 Å². The summed E-state index contributed by atoms with van der Waals surface area (Å²) in [6.45, 7) is 4.78. The van der Waals surface area contributed by atoms with E-state index in [2.05, 4.69) is 33.8 Å². The largest absolute Gasteiger partial charge is 0.343 e. The lowest BCUT2D eigenvalue weighted by Gasteiger charge is -2.25. The number of carbonyl (C=O) groups is 1. The van der Waals surface area contributed by atoms with Crippen molar-refractivity contribution in [1.29, 1.82) is 0 Å². The van der Waals surface area contributed by atoms with Crippen molar-refractivity contribution >= 4 is 38.2 Å². The highest BCUT2D eigenvalue weighted by molar-refractivity contribution is 7.90. The van der Waals surface area contributed by atoms with E-state index in [1.54, 1.807) is 29.2 Å². The molecule has 1 aromatic carbocycles. The number of amides is 1. The van der Waals surface area contributed by atoms with Gasteiger partial charge in [-0.2, -0.15) is 8.42 Å². The van der Waals surface area contributed by atoms with E-state index in [-0.39, 0.29) is 10.8 Å². The number of fused-ring (bicyclic) bond motifs is 1. The average molecular weight is 420 g/mol. The second kappa shape index (κ2) is 7.25. The predicted octanol–water partition coefficient (Wildman–Crippen LogP) is 2.29. The number of sulfonamides is 1. The van der Waals surface area contributed by atoms with Crippen molar-refractivity contribution in [2.45, 2.75) is 44.0 Å². The van der Waals surface area contributed by atoms with Gasteiger partial charge in [0.25, 0.3) is 10.0 Å². The highest BCUT2D eigenvalue weighted by Gasteiger charge is 2.39. The number of benzene rings is 1. The van der Waals surface area contributed by atoms with Crippen LogP contribution in [0.3, 0.4) is 0 Å². The van der Waals surface area contributed by atoms with Crippen LogP contribution in [-0.2, 0) is 21.2 Å². The predicted molar refractivity (Wildman–Crippen MR) is 107 cm³/mol. The summed E-state index contributed by atoms with van der Waals surface area (Å²) in [5.41, 5.74) is 0.553. The standard InChI is InChI=1S/C18H21N5O3S2/c1-11(2)10-15-20-21-18(27-15)19-17(24)13-7-5-9-23(13)16-12-6-3-4-8-14(12)28(25,26)22-16/h3-4,6,8,11,13H,5,7,9-10H2,1-2H3,(H,19,21,24)/t13-/m0/s1. The number of nitrogens with zero attached hydrogens (tertiary/aromatic N) is 4.